The van der Waals surface area contributed by atoms with E-state index in [1.165, 1.54) is 6.26 Å². The van der Waals surface area contributed by atoms with Gasteiger partial charge in [0.25, 0.3) is 0 Å². The Hall–Kier alpha value is -0.130. The summed E-state index contributed by atoms with van der Waals surface area (Å²) in [6.45, 7) is 4.77. The van der Waals surface area contributed by atoms with Gasteiger partial charge in [-0.25, -0.2) is 13.1 Å². The maximum Gasteiger partial charge on any atom is 0.208 e. The van der Waals surface area contributed by atoms with E-state index < -0.39 is 10.0 Å². The summed E-state index contributed by atoms with van der Waals surface area (Å²) in [5, 5.41) is 0. The van der Waals surface area contributed by atoms with Crippen molar-refractivity contribution in [2.75, 3.05) is 32.5 Å². The molecule has 1 saturated heterocycles. The zero-order chi connectivity index (χ0) is 16.2. The maximum atomic E-state index is 11.5. The Morgan fingerprint density at radius 3 is 2.74 bits per heavy atom. The maximum absolute atomic E-state index is 11.5. The summed E-state index contributed by atoms with van der Waals surface area (Å²) >= 11 is 0. The van der Waals surface area contributed by atoms with E-state index in [1.54, 1.807) is 0 Å². The van der Waals surface area contributed by atoms with Crippen LogP contribution in [0.25, 0.3) is 0 Å². The summed E-state index contributed by atoms with van der Waals surface area (Å²) in [5.41, 5.74) is 6.08. The van der Waals surface area contributed by atoms with E-state index in [4.69, 9.17) is 10.5 Å². The molecule has 1 saturated carbocycles. The molecule has 7 nitrogen and oxygen atoms in total. The van der Waals surface area contributed by atoms with Crippen LogP contribution in [0, 0.1) is 5.92 Å². The number of rotatable bonds is 4. The fourth-order valence-corrected chi connectivity index (χ4v) is 4.05. The van der Waals surface area contributed by atoms with Crippen LogP contribution in [0.15, 0.2) is 4.99 Å². The zero-order valence-electron chi connectivity index (χ0n) is 13.9. The lowest BCUT2D eigenvalue weighted by atomic mass is 9.85. The smallest absolute Gasteiger partial charge is 0.208 e. The van der Waals surface area contributed by atoms with Gasteiger partial charge in [0.2, 0.25) is 10.0 Å². The molecule has 9 heteroatoms. The molecule has 1 heterocycles. The van der Waals surface area contributed by atoms with E-state index in [0.717, 1.165) is 38.8 Å². The molecule has 0 radical (unpaired) electrons. The minimum absolute atomic E-state index is 0. The first-order chi connectivity index (χ1) is 10.3. The third kappa shape index (κ3) is 7.10. The van der Waals surface area contributed by atoms with Crippen molar-refractivity contribution in [1.29, 1.82) is 0 Å². The number of morpholine rings is 1. The molecule has 136 valence electrons. The largest absolute Gasteiger partial charge is 0.375 e. The standard InChI is InChI=1S/C14H28N4O3S.HI/c1-11-10-18(7-8-21-11)14(15)16-9-12-5-3-4-6-13(12)17-22(2,19)20;/h11-13,17H,3-10H2,1-2H3,(H2,15,16);1H. The lowest BCUT2D eigenvalue weighted by Crippen LogP contribution is -2.48. The summed E-state index contributed by atoms with van der Waals surface area (Å²) in [7, 11) is -3.18. The lowest BCUT2D eigenvalue weighted by Gasteiger charge is -2.33. The van der Waals surface area contributed by atoms with Gasteiger partial charge in [-0.3, -0.25) is 4.99 Å². The molecule has 0 bridgehead atoms. The Kier molecular flexibility index (Phi) is 8.53. The van der Waals surface area contributed by atoms with Crippen molar-refractivity contribution < 1.29 is 13.2 Å². The molecule has 1 aliphatic heterocycles. The molecule has 2 fully saturated rings. The van der Waals surface area contributed by atoms with E-state index in [9.17, 15) is 8.42 Å². The van der Waals surface area contributed by atoms with Gasteiger partial charge in [-0.2, -0.15) is 0 Å². The number of nitrogens with two attached hydrogens (primary N) is 1. The molecule has 1 aliphatic carbocycles. The van der Waals surface area contributed by atoms with E-state index in [1.807, 2.05) is 11.8 Å². The number of halogens is 1. The summed E-state index contributed by atoms with van der Waals surface area (Å²) in [6.07, 6.45) is 5.42. The van der Waals surface area contributed by atoms with Crippen LogP contribution in [0.2, 0.25) is 0 Å². The van der Waals surface area contributed by atoms with Crippen LogP contribution in [0.5, 0.6) is 0 Å². The third-order valence-corrected chi connectivity index (χ3v) is 5.06. The van der Waals surface area contributed by atoms with Crippen molar-refractivity contribution in [2.45, 2.75) is 44.8 Å². The van der Waals surface area contributed by atoms with Gasteiger partial charge in [0.05, 0.1) is 19.0 Å². The minimum atomic E-state index is -3.18. The summed E-state index contributed by atoms with van der Waals surface area (Å²) < 4.78 is 31.2. The van der Waals surface area contributed by atoms with Gasteiger partial charge in [-0.15, -0.1) is 24.0 Å². The Labute approximate surface area is 156 Å². The molecule has 3 N–H and O–H groups in total. The monoisotopic (exact) mass is 460 g/mol. The highest BCUT2D eigenvalue weighted by molar-refractivity contribution is 14.0. The molecule has 0 amide bonds. The predicted octanol–water partition coefficient (Wildman–Crippen LogP) is 0.748. The van der Waals surface area contributed by atoms with Gasteiger partial charge >= 0.3 is 0 Å². The Morgan fingerprint density at radius 1 is 1.39 bits per heavy atom. The number of guanidine groups is 1. The highest BCUT2D eigenvalue weighted by atomic mass is 127. The second-order valence-electron chi connectivity index (χ2n) is 6.37. The van der Waals surface area contributed by atoms with Crippen LogP contribution >= 0.6 is 24.0 Å². The van der Waals surface area contributed by atoms with Gasteiger partial charge in [0.1, 0.15) is 0 Å². The number of nitrogens with one attached hydrogen (secondary N) is 1. The molecule has 0 aromatic rings. The van der Waals surface area contributed by atoms with Crippen LogP contribution in [-0.2, 0) is 14.8 Å². The molecule has 2 aliphatic rings. The van der Waals surface area contributed by atoms with E-state index in [2.05, 4.69) is 9.71 Å². The van der Waals surface area contributed by atoms with Crippen LogP contribution in [-0.4, -0.2) is 63.9 Å². The number of sulfonamides is 1. The number of hydrogen-bond acceptors (Lipinski definition) is 4. The van der Waals surface area contributed by atoms with E-state index in [-0.39, 0.29) is 42.0 Å². The predicted molar refractivity (Wildman–Crippen MR) is 103 cm³/mol. The van der Waals surface area contributed by atoms with Crippen LogP contribution in [0.3, 0.4) is 0 Å². The van der Waals surface area contributed by atoms with Crippen molar-refractivity contribution in [3.63, 3.8) is 0 Å². The Morgan fingerprint density at radius 2 is 2.09 bits per heavy atom. The van der Waals surface area contributed by atoms with Crippen molar-refractivity contribution in [3.05, 3.63) is 0 Å². The Balaban J connectivity index is 0.00000264. The molecule has 3 unspecified atom stereocenters. The summed E-state index contributed by atoms with van der Waals surface area (Å²) in [6, 6.07) is -0.0242. The molecule has 0 aromatic heterocycles. The van der Waals surface area contributed by atoms with E-state index >= 15 is 0 Å². The first-order valence-electron chi connectivity index (χ1n) is 7.99. The first-order valence-corrected chi connectivity index (χ1v) is 9.88. The molecule has 23 heavy (non-hydrogen) atoms. The molecule has 0 aromatic carbocycles. The SMILES string of the molecule is CC1CN(C(N)=NCC2CCCCC2NS(C)(=O)=O)CCO1.I. The second-order valence-corrected chi connectivity index (χ2v) is 8.15. The minimum Gasteiger partial charge on any atom is -0.375 e. The zero-order valence-corrected chi connectivity index (χ0v) is 17.0. The lowest BCUT2D eigenvalue weighted by molar-refractivity contribution is 0.00525. The number of aliphatic imine (C=N–C) groups is 1. The molecule has 3 atom stereocenters. The van der Waals surface area contributed by atoms with Gasteiger partial charge < -0.3 is 15.4 Å². The van der Waals surface area contributed by atoms with Gasteiger partial charge in [-0.1, -0.05) is 12.8 Å². The number of ether oxygens (including phenoxy) is 1. The Bertz CT molecular complexity index is 500. The van der Waals surface area contributed by atoms with Crippen LogP contribution in [0.4, 0.5) is 0 Å². The second kappa shape index (κ2) is 9.38. The summed E-state index contributed by atoms with van der Waals surface area (Å²) in [4.78, 5) is 6.55. The topological polar surface area (TPSA) is 97.0 Å². The molecule has 2 rings (SSSR count). The fourth-order valence-electron chi connectivity index (χ4n) is 3.19. The fraction of sp³-hybridized carbons (Fsp3) is 0.929. The highest BCUT2D eigenvalue weighted by Crippen LogP contribution is 2.25. The quantitative estimate of drug-likeness (QED) is 0.367. The average Bonchev–Trinajstić information content (AvgIpc) is 2.44. The van der Waals surface area contributed by atoms with Crippen LogP contribution < -0.4 is 10.5 Å². The highest BCUT2D eigenvalue weighted by Gasteiger charge is 2.27. The van der Waals surface area contributed by atoms with Crippen molar-refractivity contribution in [2.24, 2.45) is 16.6 Å². The summed E-state index contributed by atoms with van der Waals surface area (Å²) in [5.74, 6) is 0.763. The molecular formula is C14H29IN4O3S. The number of nitrogens with zero attached hydrogens (tertiary/aromatic N) is 2. The normalized spacial score (nSPS) is 29.9. The van der Waals surface area contributed by atoms with Crippen molar-refractivity contribution >= 4 is 40.0 Å². The first kappa shape index (κ1) is 20.9. The van der Waals surface area contributed by atoms with E-state index in [0.29, 0.717) is 19.1 Å². The number of hydrogen-bond donors (Lipinski definition) is 2. The third-order valence-electron chi connectivity index (χ3n) is 4.33. The molecule has 0 spiro atoms. The van der Waals surface area contributed by atoms with Crippen molar-refractivity contribution in [1.82, 2.24) is 9.62 Å². The van der Waals surface area contributed by atoms with Crippen molar-refractivity contribution in [3.8, 4) is 0 Å². The molecular weight excluding hydrogens is 431 g/mol. The van der Waals surface area contributed by atoms with Gasteiger partial charge in [0, 0.05) is 25.7 Å². The van der Waals surface area contributed by atoms with Crippen LogP contribution in [0.1, 0.15) is 32.6 Å². The van der Waals surface area contributed by atoms with Gasteiger partial charge in [-0.05, 0) is 25.7 Å². The average molecular weight is 460 g/mol. The van der Waals surface area contributed by atoms with Gasteiger partial charge in [0.15, 0.2) is 5.96 Å².